The Hall–Kier alpha value is -0.820. The number of aryl methyl sites for hydroxylation is 1. The standard InChI is InChI=1S/C11H17N/c1-9-4-6-11(7-5-9)8-10(2)12-3/h4-7,10,12H,8H2,1-3H3/i6+1. The van der Waals surface area contributed by atoms with Crippen LogP contribution in [-0.2, 0) is 6.42 Å². The number of hydrogen-bond acceptors (Lipinski definition) is 1. The van der Waals surface area contributed by atoms with Crippen molar-refractivity contribution in [1.82, 2.24) is 5.32 Å². The molecular formula is C11H17N. The van der Waals surface area contributed by atoms with E-state index >= 15 is 0 Å². The molecule has 0 radical (unpaired) electrons. The highest BCUT2D eigenvalue weighted by Crippen LogP contribution is 2.05. The molecule has 0 aromatic heterocycles. The molecule has 1 heteroatoms. The molecule has 0 heterocycles. The Kier molecular flexibility index (Phi) is 3.30. The zero-order valence-corrected chi connectivity index (χ0v) is 8.09. The van der Waals surface area contributed by atoms with Gasteiger partial charge in [-0.15, -0.1) is 0 Å². The highest BCUT2D eigenvalue weighted by Gasteiger charge is 1.98. The van der Waals surface area contributed by atoms with Gasteiger partial charge in [0.1, 0.15) is 0 Å². The van der Waals surface area contributed by atoms with Crippen LogP contribution in [-0.4, -0.2) is 13.1 Å². The van der Waals surface area contributed by atoms with Crippen LogP contribution in [0.5, 0.6) is 0 Å². The van der Waals surface area contributed by atoms with Gasteiger partial charge in [0.2, 0.25) is 0 Å². The predicted molar refractivity (Wildman–Crippen MR) is 53.4 cm³/mol. The first-order valence-corrected chi connectivity index (χ1v) is 4.45. The molecule has 1 N–H and O–H groups in total. The quantitative estimate of drug-likeness (QED) is 0.721. The van der Waals surface area contributed by atoms with E-state index < -0.39 is 0 Å². The molecule has 12 heavy (non-hydrogen) atoms. The van der Waals surface area contributed by atoms with Crippen molar-refractivity contribution in [3.63, 3.8) is 0 Å². The van der Waals surface area contributed by atoms with Crippen LogP contribution in [0.2, 0.25) is 0 Å². The summed E-state index contributed by atoms with van der Waals surface area (Å²) in [5, 5.41) is 3.23. The van der Waals surface area contributed by atoms with Gasteiger partial charge in [0.25, 0.3) is 0 Å². The molecule has 1 aromatic carbocycles. The molecule has 1 aromatic rings. The second-order valence-corrected chi connectivity index (χ2v) is 3.38. The third-order valence-corrected chi connectivity index (χ3v) is 2.16. The van der Waals surface area contributed by atoms with E-state index in [4.69, 9.17) is 0 Å². The van der Waals surface area contributed by atoms with E-state index in [1.807, 2.05) is 7.05 Å². The zero-order valence-electron chi connectivity index (χ0n) is 8.09. The van der Waals surface area contributed by atoms with Crippen molar-refractivity contribution in [2.75, 3.05) is 7.05 Å². The fourth-order valence-electron chi connectivity index (χ4n) is 1.18. The van der Waals surface area contributed by atoms with Gasteiger partial charge in [-0.25, -0.2) is 0 Å². The molecule has 66 valence electrons. The largest absolute Gasteiger partial charge is 0.317 e. The highest BCUT2D eigenvalue weighted by molar-refractivity contribution is 5.21. The van der Waals surface area contributed by atoms with Crippen LogP contribution < -0.4 is 5.32 Å². The van der Waals surface area contributed by atoms with Crippen LogP contribution in [0.1, 0.15) is 18.1 Å². The summed E-state index contributed by atoms with van der Waals surface area (Å²) in [6.45, 7) is 4.31. The lowest BCUT2D eigenvalue weighted by Crippen LogP contribution is -2.23. The third-order valence-electron chi connectivity index (χ3n) is 2.16. The topological polar surface area (TPSA) is 12.0 Å². The summed E-state index contributed by atoms with van der Waals surface area (Å²) < 4.78 is 0. The summed E-state index contributed by atoms with van der Waals surface area (Å²) >= 11 is 0. The molecule has 0 saturated carbocycles. The number of rotatable bonds is 3. The maximum absolute atomic E-state index is 3.23. The lowest BCUT2D eigenvalue weighted by Gasteiger charge is -2.09. The van der Waals surface area contributed by atoms with Crippen molar-refractivity contribution >= 4 is 0 Å². The second-order valence-electron chi connectivity index (χ2n) is 3.38. The van der Waals surface area contributed by atoms with E-state index in [1.165, 1.54) is 11.1 Å². The molecule has 1 unspecified atom stereocenters. The molecule has 0 aliphatic heterocycles. The first-order chi connectivity index (χ1) is 5.72. The Morgan fingerprint density at radius 3 is 2.33 bits per heavy atom. The minimum absolute atomic E-state index is 0.563. The van der Waals surface area contributed by atoms with Gasteiger partial charge < -0.3 is 5.32 Å². The lowest BCUT2D eigenvalue weighted by atomic mass is 10.1. The Bertz CT molecular complexity index is 225. The van der Waals surface area contributed by atoms with Crippen molar-refractivity contribution in [2.45, 2.75) is 26.3 Å². The predicted octanol–water partition coefficient (Wildman–Crippen LogP) is 2.15. The number of hydrogen-bond donors (Lipinski definition) is 1. The molecular weight excluding hydrogens is 147 g/mol. The molecule has 0 aliphatic carbocycles. The average Bonchev–Trinajstić information content (AvgIpc) is 2.09. The lowest BCUT2D eigenvalue weighted by molar-refractivity contribution is 0.608. The van der Waals surface area contributed by atoms with Crippen LogP contribution in [0.15, 0.2) is 24.3 Å². The van der Waals surface area contributed by atoms with Crippen LogP contribution in [0.4, 0.5) is 0 Å². The molecule has 1 nitrogen and oxygen atoms in total. The van der Waals surface area contributed by atoms with E-state index in [9.17, 15) is 0 Å². The van der Waals surface area contributed by atoms with Crippen molar-refractivity contribution < 1.29 is 0 Å². The molecule has 1 rings (SSSR count). The van der Waals surface area contributed by atoms with Crippen molar-refractivity contribution in [3.05, 3.63) is 35.4 Å². The summed E-state index contributed by atoms with van der Waals surface area (Å²) in [5.74, 6) is 0. The molecule has 0 bridgehead atoms. The fourth-order valence-corrected chi connectivity index (χ4v) is 1.18. The molecule has 0 saturated heterocycles. The Labute approximate surface area is 74.8 Å². The Balaban J connectivity index is 2.58. The molecule has 0 fully saturated rings. The van der Waals surface area contributed by atoms with Crippen LogP contribution in [0.25, 0.3) is 0 Å². The van der Waals surface area contributed by atoms with Gasteiger partial charge in [-0.2, -0.15) is 0 Å². The minimum Gasteiger partial charge on any atom is -0.317 e. The zero-order chi connectivity index (χ0) is 8.97. The maximum Gasteiger partial charge on any atom is 0.00761 e. The Morgan fingerprint density at radius 1 is 1.25 bits per heavy atom. The van der Waals surface area contributed by atoms with Crippen LogP contribution in [0, 0.1) is 6.92 Å². The molecule has 1 atom stereocenters. The molecule has 0 amide bonds. The van der Waals surface area contributed by atoms with Gasteiger partial charge in [0.15, 0.2) is 0 Å². The van der Waals surface area contributed by atoms with Gasteiger partial charge in [0.05, 0.1) is 0 Å². The van der Waals surface area contributed by atoms with Gasteiger partial charge >= 0.3 is 0 Å². The number of likely N-dealkylation sites (N-methyl/N-ethyl adjacent to an activating group) is 1. The normalized spacial score (nSPS) is 12.9. The van der Waals surface area contributed by atoms with Gasteiger partial charge in [-0.1, -0.05) is 29.8 Å². The first-order valence-electron chi connectivity index (χ1n) is 4.45. The van der Waals surface area contributed by atoms with Crippen LogP contribution in [0.3, 0.4) is 0 Å². The van der Waals surface area contributed by atoms with Crippen molar-refractivity contribution in [3.8, 4) is 0 Å². The van der Waals surface area contributed by atoms with E-state index in [2.05, 4.69) is 43.4 Å². The van der Waals surface area contributed by atoms with Crippen LogP contribution >= 0.6 is 0 Å². The first kappa shape index (κ1) is 9.27. The smallest absolute Gasteiger partial charge is 0.00761 e. The molecule has 0 spiro atoms. The van der Waals surface area contributed by atoms with E-state index in [0.29, 0.717) is 6.04 Å². The SMILES string of the molecule is CNC(C)Cc1ccc(C)c[13cH]1. The highest BCUT2D eigenvalue weighted by atomic mass is 14.8. The molecule has 0 aliphatic rings. The van der Waals surface area contributed by atoms with Gasteiger partial charge in [-0.3, -0.25) is 0 Å². The summed E-state index contributed by atoms with van der Waals surface area (Å²) in [6.07, 6.45) is 1.11. The summed E-state index contributed by atoms with van der Waals surface area (Å²) in [4.78, 5) is 0. The average molecular weight is 164 g/mol. The monoisotopic (exact) mass is 164 g/mol. The fraction of sp³-hybridized carbons (Fsp3) is 0.455. The summed E-state index contributed by atoms with van der Waals surface area (Å²) in [7, 11) is 2.00. The second kappa shape index (κ2) is 4.27. The van der Waals surface area contributed by atoms with Gasteiger partial charge in [-0.05, 0) is 32.9 Å². The van der Waals surface area contributed by atoms with E-state index in [-0.39, 0.29) is 0 Å². The van der Waals surface area contributed by atoms with E-state index in [0.717, 1.165) is 6.42 Å². The maximum atomic E-state index is 3.23. The third kappa shape index (κ3) is 2.67. The number of nitrogens with one attached hydrogen (secondary N) is 1. The minimum atomic E-state index is 0.563. The summed E-state index contributed by atoms with van der Waals surface area (Å²) in [5.41, 5.74) is 2.73. The van der Waals surface area contributed by atoms with Crippen molar-refractivity contribution in [1.29, 1.82) is 0 Å². The van der Waals surface area contributed by atoms with E-state index in [1.54, 1.807) is 0 Å². The van der Waals surface area contributed by atoms with Gasteiger partial charge in [0, 0.05) is 6.04 Å². The van der Waals surface area contributed by atoms with Crippen molar-refractivity contribution in [2.24, 2.45) is 0 Å². The number of benzene rings is 1. The summed E-state index contributed by atoms with van der Waals surface area (Å²) in [6, 6.07) is 9.29. The Morgan fingerprint density at radius 2 is 1.83 bits per heavy atom.